The van der Waals surface area contributed by atoms with E-state index in [9.17, 15) is 9.59 Å². The highest BCUT2D eigenvalue weighted by molar-refractivity contribution is 6.01. The summed E-state index contributed by atoms with van der Waals surface area (Å²) in [6.07, 6.45) is 0. The normalized spacial score (nSPS) is 9.74. The number of carbonyl (C=O) groups is 2. The van der Waals surface area contributed by atoms with Crippen LogP contribution in [0.2, 0.25) is 0 Å². The van der Waals surface area contributed by atoms with Crippen LogP contribution in [0.25, 0.3) is 0 Å². The Balaban J connectivity index is 1.99. The maximum Gasteiger partial charge on any atom is 0.325 e. The molecule has 0 saturated heterocycles. The molecule has 1 aromatic heterocycles. The fourth-order valence-corrected chi connectivity index (χ4v) is 1.31. The number of aromatic nitrogens is 2. The summed E-state index contributed by atoms with van der Waals surface area (Å²) < 4.78 is 4.44. The lowest BCUT2D eigenvalue weighted by molar-refractivity contribution is -0.114. The van der Waals surface area contributed by atoms with E-state index < -0.39 is 6.03 Å². The van der Waals surface area contributed by atoms with Crippen molar-refractivity contribution in [1.82, 2.24) is 10.3 Å². The number of nitrogens with zero attached hydrogens (tertiary/aromatic N) is 2. The average molecular weight is 261 g/mol. The fourth-order valence-electron chi connectivity index (χ4n) is 1.31. The third-order valence-corrected chi connectivity index (χ3v) is 2.05. The topological polar surface area (TPSA) is 109 Å². The molecular weight excluding hydrogens is 250 g/mol. The van der Waals surface area contributed by atoms with Crippen LogP contribution in [-0.4, -0.2) is 22.3 Å². The summed E-state index contributed by atoms with van der Waals surface area (Å²) in [6.45, 7) is 1.31. The molecule has 2 rings (SSSR count). The van der Waals surface area contributed by atoms with Gasteiger partial charge in [0.2, 0.25) is 17.5 Å². The number of carbonyl (C=O) groups excluding carboxylic acids is 2. The van der Waals surface area contributed by atoms with Crippen molar-refractivity contribution in [2.75, 3.05) is 16.0 Å². The summed E-state index contributed by atoms with van der Waals surface area (Å²) >= 11 is 0. The number of anilines is 3. The van der Waals surface area contributed by atoms with Crippen molar-refractivity contribution in [2.24, 2.45) is 0 Å². The number of nitrogens with one attached hydrogen (secondary N) is 3. The molecule has 3 N–H and O–H groups in total. The Morgan fingerprint density at radius 2 is 1.63 bits per heavy atom. The molecule has 2 aromatic rings. The number of rotatable bonds is 3. The van der Waals surface area contributed by atoms with Crippen LogP contribution in [0.15, 0.2) is 35.0 Å². The zero-order chi connectivity index (χ0) is 13.7. The van der Waals surface area contributed by atoms with E-state index in [1.807, 2.05) is 6.07 Å². The van der Waals surface area contributed by atoms with Gasteiger partial charge in [0.15, 0.2) is 0 Å². The van der Waals surface area contributed by atoms with Crippen LogP contribution in [-0.2, 0) is 4.79 Å². The zero-order valence-electron chi connectivity index (χ0n) is 10.0. The van der Waals surface area contributed by atoms with Gasteiger partial charge >= 0.3 is 6.03 Å². The minimum Gasteiger partial charge on any atom is -0.308 e. The van der Waals surface area contributed by atoms with Gasteiger partial charge in [-0.3, -0.25) is 10.1 Å². The maximum absolute atomic E-state index is 11.7. The van der Waals surface area contributed by atoms with Crippen LogP contribution in [0.4, 0.5) is 22.1 Å². The fraction of sp³-hybridized carbons (Fsp3) is 0.0909. The lowest BCUT2D eigenvalue weighted by Gasteiger charge is -2.05. The van der Waals surface area contributed by atoms with Gasteiger partial charge in [0.1, 0.15) is 0 Å². The van der Waals surface area contributed by atoms with Crippen molar-refractivity contribution in [1.29, 1.82) is 0 Å². The number of para-hydroxylation sites is 1. The van der Waals surface area contributed by atoms with Crippen LogP contribution in [0, 0.1) is 0 Å². The third kappa shape index (κ3) is 3.53. The molecule has 3 amide bonds. The maximum atomic E-state index is 11.7. The molecule has 0 unspecified atom stereocenters. The monoisotopic (exact) mass is 261 g/mol. The van der Waals surface area contributed by atoms with Crippen molar-refractivity contribution in [3.05, 3.63) is 30.3 Å². The van der Waals surface area contributed by atoms with E-state index in [2.05, 4.69) is 30.9 Å². The minimum atomic E-state index is -0.520. The SMILES string of the molecule is CC(=O)Nc1nonc1NC(=O)Nc1ccccc1. The molecule has 0 spiro atoms. The molecule has 0 aliphatic carbocycles. The number of hydrogen-bond acceptors (Lipinski definition) is 5. The first-order valence-electron chi connectivity index (χ1n) is 5.38. The molecule has 8 nitrogen and oxygen atoms in total. The highest BCUT2D eigenvalue weighted by Crippen LogP contribution is 2.15. The van der Waals surface area contributed by atoms with Crippen molar-refractivity contribution >= 4 is 29.3 Å². The van der Waals surface area contributed by atoms with Gasteiger partial charge < -0.3 is 10.6 Å². The minimum absolute atomic E-state index is 0.0311. The Morgan fingerprint density at radius 3 is 2.26 bits per heavy atom. The van der Waals surface area contributed by atoms with E-state index in [1.165, 1.54) is 6.92 Å². The molecule has 1 heterocycles. The molecular formula is C11H11N5O3. The first kappa shape index (κ1) is 12.6. The van der Waals surface area contributed by atoms with Crippen molar-refractivity contribution < 1.29 is 14.2 Å². The van der Waals surface area contributed by atoms with Crippen molar-refractivity contribution in [3.8, 4) is 0 Å². The van der Waals surface area contributed by atoms with E-state index in [0.717, 1.165) is 0 Å². The van der Waals surface area contributed by atoms with Gasteiger partial charge in [0.05, 0.1) is 0 Å². The highest BCUT2D eigenvalue weighted by Gasteiger charge is 2.14. The van der Waals surface area contributed by atoms with Gasteiger partial charge in [-0.2, -0.15) is 0 Å². The smallest absolute Gasteiger partial charge is 0.308 e. The van der Waals surface area contributed by atoms with E-state index in [0.29, 0.717) is 5.69 Å². The van der Waals surface area contributed by atoms with Gasteiger partial charge in [-0.1, -0.05) is 18.2 Å². The first-order valence-corrected chi connectivity index (χ1v) is 5.38. The first-order chi connectivity index (χ1) is 9.15. The number of amides is 3. The zero-order valence-corrected chi connectivity index (χ0v) is 10.0. The molecule has 0 aliphatic rings. The van der Waals surface area contributed by atoms with E-state index in [1.54, 1.807) is 24.3 Å². The largest absolute Gasteiger partial charge is 0.325 e. The molecule has 0 bridgehead atoms. The van der Waals surface area contributed by atoms with Crippen LogP contribution in [0.1, 0.15) is 6.92 Å². The van der Waals surface area contributed by atoms with E-state index >= 15 is 0 Å². The van der Waals surface area contributed by atoms with Crippen LogP contribution < -0.4 is 16.0 Å². The Hall–Kier alpha value is -2.90. The number of urea groups is 1. The van der Waals surface area contributed by atoms with E-state index in [-0.39, 0.29) is 17.5 Å². The third-order valence-electron chi connectivity index (χ3n) is 2.05. The van der Waals surface area contributed by atoms with Crippen LogP contribution in [0.5, 0.6) is 0 Å². The molecule has 0 fully saturated rings. The Kier molecular flexibility index (Phi) is 3.72. The molecule has 0 atom stereocenters. The molecule has 0 aliphatic heterocycles. The number of benzene rings is 1. The predicted molar refractivity (Wildman–Crippen MR) is 67.7 cm³/mol. The van der Waals surface area contributed by atoms with Crippen LogP contribution >= 0.6 is 0 Å². The van der Waals surface area contributed by atoms with Crippen LogP contribution in [0.3, 0.4) is 0 Å². The summed E-state index contributed by atoms with van der Waals surface area (Å²) in [7, 11) is 0. The molecule has 98 valence electrons. The highest BCUT2D eigenvalue weighted by atomic mass is 16.6. The standard InChI is InChI=1S/C11H11N5O3/c1-7(17)12-9-10(16-19-15-9)14-11(18)13-8-5-3-2-4-6-8/h2-6H,1H3,(H,12,15,17)(H2,13,14,16,18). The molecule has 1 aromatic carbocycles. The molecule has 0 radical (unpaired) electrons. The second-order valence-electron chi connectivity index (χ2n) is 3.59. The lowest BCUT2D eigenvalue weighted by atomic mass is 10.3. The van der Waals surface area contributed by atoms with Gasteiger partial charge in [-0.05, 0) is 22.4 Å². The van der Waals surface area contributed by atoms with Gasteiger partial charge in [-0.25, -0.2) is 9.42 Å². The summed E-state index contributed by atoms with van der Waals surface area (Å²) in [6, 6.07) is 8.35. The second kappa shape index (κ2) is 5.63. The number of hydrogen-bond donors (Lipinski definition) is 3. The summed E-state index contributed by atoms with van der Waals surface area (Å²) in [5.74, 6) is -0.262. The lowest BCUT2D eigenvalue weighted by Crippen LogP contribution is -2.20. The second-order valence-corrected chi connectivity index (χ2v) is 3.59. The van der Waals surface area contributed by atoms with Crippen molar-refractivity contribution in [2.45, 2.75) is 6.92 Å². The van der Waals surface area contributed by atoms with Gasteiger partial charge in [0, 0.05) is 12.6 Å². The Labute approximate surface area is 108 Å². The average Bonchev–Trinajstić information content (AvgIpc) is 2.77. The summed E-state index contributed by atoms with van der Waals surface area (Å²) in [4.78, 5) is 22.6. The summed E-state index contributed by atoms with van der Waals surface area (Å²) in [5.41, 5.74) is 0.623. The quantitative estimate of drug-likeness (QED) is 0.778. The predicted octanol–water partition coefficient (Wildman–Crippen LogP) is 1.67. The molecule has 19 heavy (non-hydrogen) atoms. The molecule has 0 saturated carbocycles. The van der Waals surface area contributed by atoms with Gasteiger partial charge in [-0.15, -0.1) is 0 Å². The Morgan fingerprint density at radius 1 is 1.00 bits per heavy atom. The molecule has 8 heteroatoms. The summed E-state index contributed by atoms with van der Waals surface area (Å²) in [5, 5.41) is 14.3. The van der Waals surface area contributed by atoms with Gasteiger partial charge in [0.25, 0.3) is 0 Å². The van der Waals surface area contributed by atoms with Crippen molar-refractivity contribution in [3.63, 3.8) is 0 Å². The Bertz CT molecular complexity index is 581. The van der Waals surface area contributed by atoms with E-state index in [4.69, 9.17) is 0 Å².